The van der Waals surface area contributed by atoms with Crippen molar-refractivity contribution in [1.82, 2.24) is 0 Å². The summed E-state index contributed by atoms with van der Waals surface area (Å²) in [6.45, 7) is 0. The van der Waals surface area contributed by atoms with Crippen LogP contribution in [0.5, 0.6) is 5.75 Å². The molecular formula is C16H15Cl2NO2. The number of carbonyl (C=O) groups excluding carboxylic acids is 1. The number of halogens is 2. The zero-order valence-corrected chi connectivity index (χ0v) is 13.0. The standard InChI is InChI=1S/C16H15Cl2NO2/c1-21-12-8-5-11(6-9-12)7-10-15(20)19-16-13(17)3-2-4-14(16)18/h2-6,8-9H,7,10H2,1H3,(H,19,20). The molecule has 0 unspecified atom stereocenters. The Labute approximate surface area is 133 Å². The molecule has 0 aliphatic rings. The molecule has 2 aromatic rings. The number of benzene rings is 2. The van der Waals surface area contributed by atoms with Crippen LogP contribution in [0.25, 0.3) is 0 Å². The molecule has 0 radical (unpaired) electrons. The summed E-state index contributed by atoms with van der Waals surface area (Å²) in [5, 5.41) is 3.61. The minimum atomic E-state index is -0.124. The van der Waals surface area contributed by atoms with Gasteiger partial charge in [-0.05, 0) is 36.2 Å². The highest BCUT2D eigenvalue weighted by atomic mass is 35.5. The monoisotopic (exact) mass is 323 g/mol. The van der Waals surface area contributed by atoms with Gasteiger partial charge in [-0.15, -0.1) is 0 Å². The maximum Gasteiger partial charge on any atom is 0.224 e. The average molecular weight is 324 g/mol. The molecule has 2 rings (SSSR count). The van der Waals surface area contributed by atoms with Gasteiger partial charge in [-0.3, -0.25) is 4.79 Å². The van der Waals surface area contributed by atoms with Crippen LogP contribution in [-0.2, 0) is 11.2 Å². The normalized spacial score (nSPS) is 10.2. The fraction of sp³-hybridized carbons (Fsp3) is 0.188. The highest BCUT2D eigenvalue weighted by Gasteiger charge is 2.09. The summed E-state index contributed by atoms with van der Waals surface area (Å²) in [6.07, 6.45) is 0.992. The quantitative estimate of drug-likeness (QED) is 0.875. The number of anilines is 1. The van der Waals surface area contributed by atoms with Crippen molar-refractivity contribution in [2.45, 2.75) is 12.8 Å². The van der Waals surface area contributed by atoms with E-state index in [0.717, 1.165) is 11.3 Å². The number of aryl methyl sites for hydroxylation is 1. The first-order valence-corrected chi connectivity index (χ1v) is 7.22. The zero-order chi connectivity index (χ0) is 15.2. The van der Waals surface area contributed by atoms with E-state index in [1.54, 1.807) is 25.3 Å². The van der Waals surface area contributed by atoms with Gasteiger partial charge >= 0.3 is 0 Å². The summed E-state index contributed by atoms with van der Waals surface area (Å²) in [6, 6.07) is 12.7. The Kier molecular flexibility index (Phi) is 5.48. The third-order valence-electron chi connectivity index (χ3n) is 3.03. The van der Waals surface area contributed by atoms with Crippen LogP contribution >= 0.6 is 23.2 Å². The lowest BCUT2D eigenvalue weighted by molar-refractivity contribution is -0.116. The van der Waals surface area contributed by atoms with Crippen molar-refractivity contribution < 1.29 is 9.53 Å². The lowest BCUT2D eigenvalue weighted by Gasteiger charge is -2.09. The van der Waals surface area contributed by atoms with Gasteiger partial charge in [0.05, 0.1) is 22.8 Å². The Balaban J connectivity index is 1.92. The number of ether oxygens (including phenoxy) is 1. The second-order valence-corrected chi connectivity index (χ2v) is 5.31. The number of methoxy groups -OCH3 is 1. The van der Waals surface area contributed by atoms with Gasteiger partial charge < -0.3 is 10.1 Å². The Morgan fingerprint density at radius 1 is 1.10 bits per heavy atom. The number of rotatable bonds is 5. The molecule has 0 atom stereocenters. The van der Waals surface area contributed by atoms with Crippen molar-refractivity contribution >= 4 is 34.8 Å². The van der Waals surface area contributed by atoms with Crippen LogP contribution < -0.4 is 10.1 Å². The number of nitrogens with one attached hydrogen (secondary N) is 1. The van der Waals surface area contributed by atoms with Crippen molar-refractivity contribution in [3.63, 3.8) is 0 Å². The van der Waals surface area contributed by atoms with E-state index in [1.165, 1.54) is 0 Å². The van der Waals surface area contributed by atoms with Crippen LogP contribution in [0, 0.1) is 0 Å². The van der Waals surface area contributed by atoms with Crippen molar-refractivity contribution in [2.24, 2.45) is 0 Å². The van der Waals surface area contributed by atoms with E-state index in [9.17, 15) is 4.79 Å². The summed E-state index contributed by atoms with van der Waals surface area (Å²) < 4.78 is 5.09. The van der Waals surface area contributed by atoms with Crippen LogP contribution in [0.3, 0.4) is 0 Å². The van der Waals surface area contributed by atoms with Gasteiger partial charge in [-0.1, -0.05) is 41.4 Å². The predicted molar refractivity (Wildman–Crippen MR) is 86.4 cm³/mol. The summed E-state index contributed by atoms with van der Waals surface area (Å²) in [7, 11) is 1.62. The topological polar surface area (TPSA) is 38.3 Å². The molecule has 0 saturated heterocycles. The molecule has 0 bridgehead atoms. The number of hydrogen-bond donors (Lipinski definition) is 1. The van der Waals surface area contributed by atoms with Crippen LogP contribution in [-0.4, -0.2) is 13.0 Å². The smallest absolute Gasteiger partial charge is 0.224 e. The molecule has 0 aliphatic carbocycles. The van der Waals surface area contributed by atoms with Gasteiger partial charge in [0, 0.05) is 6.42 Å². The summed E-state index contributed by atoms with van der Waals surface area (Å²) >= 11 is 12.0. The number of carbonyl (C=O) groups is 1. The molecule has 3 nitrogen and oxygen atoms in total. The van der Waals surface area contributed by atoms with Gasteiger partial charge in [-0.2, -0.15) is 0 Å². The largest absolute Gasteiger partial charge is 0.497 e. The van der Waals surface area contributed by atoms with E-state index in [0.29, 0.717) is 28.6 Å². The Bertz CT molecular complexity index is 606. The number of hydrogen-bond acceptors (Lipinski definition) is 2. The molecule has 1 N–H and O–H groups in total. The van der Waals surface area contributed by atoms with Crippen LogP contribution in [0.1, 0.15) is 12.0 Å². The number of para-hydroxylation sites is 1. The first kappa shape index (κ1) is 15.7. The molecule has 2 aromatic carbocycles. The van der Waals surface area contributed by atoms with Crippen molar-refractivity contribution in [3.05, 3.63) is 58.1 Å². The maximum absolute atomic E-state index is 12.0. The van der Waals surface area contributed by atoms with Crippen LogP contribution in [0.2, 0.25) is 10.0 Å². The van der Waals surface area contributed by atoms with Crippen molar-refractivity contribution in [1.29, 1.82) is 0 Å². The molecule has 0 heterocycles. The van der Waals surface area contributed by atoms with Gasteiger partial charge in [0.15, 0.2) is 0 Å². The zero-order valence-electron chi connectivity index (χ0n) is 11.5. The fourth-order valence-electron chi connectivity index (χ4n) is 1.87. The first-order valence-electron chi connectivity index (χ1n) is 6.47. The summed E-state index contributed by atoms with van der Waals surface area (Å²) in [4.78, 5) is 12.0. The lowest BCUT2D eigenvalue weighted by Crippen LogP contribution is -2.13. The second-order valence-electron chi connectivity index (χ2n) is 4.49. The van der Waals surface area contributed by atoms with Crippen molar-refractivity contribution in [3.8, 4) is 5.75 Å². The molecule has 0 saturated carbocycles. The Hall–Kier alpha value is -1.71. The average Bonchev–Trinajstić information content (AvgIpc) is 2.49. The van der Waals surface area contributed by atoms with E-state index >= 15 is 0 Å². The van der Waals surface area contributed by atoms with Gasteiger partial charge in [0.1, 0.15) is 5.75 Å². The molecular weight excluding hydrogens is 309 g/mol. The Morgan fingerprint density at radius 2 is 1.71 bits per heavy atom. The minimum Gasteiger partial charge on any atom is -0.497 e. The van der Waals surface area contributed by atoms with E-state index in [1.807, 2.05) is 24.3 Å². The van der Waals surface area contributed by atoms with Gasteiger partial charge in [0.2, 0.25) is 5.91 Å². The molecule has 21 heavy (non-hydrogen) atoms. The number of amides is 1. The predicted octanol–water partition coefficient (Wildman–Crippen LogP) is 4.57. The van der Waals surface area contributed by atoms with E-state index in [-0.39, 0.29) is 5.91 Å². The van der Waals surface area contributed by atoms with Gasteiger partial charge in [-0.25, -0.2) is 0 Å². The maximum atomic E-state index is 12.0. The van der Waals surface area contributed by atoms with E-state index < -0.39 is 0 Å². The second kappa shape index (κ2) is 7.34. The highest BCUT2D eigenvalue weighted by Crippen LogP contribution is 2.29. The van der Waals surface area contributed by atoms with E-state index in [4.69, 9.17) is 27.9 Å². The highest BCUT2D eigenvalue weighted by molar-refractivity contribution is 6.39. The fourth-order valence-corrected chi connectivity index (χ4v) is 2.36. The third kappa shape index (κ3) is 4.38. The molecule has 0 aliphatic heterocycles. The molecule has 5 heteroatoms. The van der Waals surface area contributed by atoms with Gasteiger partial charge in [0.25, 0.3) is 0 Å². The molecule has 0 fully saturated rings. The lowest BCUT2D eigenvalue weighted by atomic mass is 10.1. The molecule has 1 amide bonds. The van der Waals surface area contributed by atoms with Crippen LogP contribution in [0.4, 0.5) is 5.69 Å². The third-order valence-corrected chi connectivity index (χ3v) is 3.66. The van der Waals surface area contributed by atoms with Crippen LogP contribution in [0.15, 0.2) is 42.5 Å². The molecule has 0 aromatic heterocycles. The minimum absolute atomic E-state index is 0.124. The van der Waals surface area contributed by atoms with Crippen molar-refractivity contribution in [2.75, 3.05) is 12.4 Å². The first-order chi connectivity index (χ1) is 10.1. The summed E-state index contributed by atoms with van der Waals surface area (Å²) in [5.41, 5.74) is 1.52. The molecule has 0 spiro atoms. The SMILES string of the molecule is COc1ccc(CCC(=O)Nc2c(Cl)cccc2Cl)cc1. The summed E-state index contributed by atoms with van der Waals surface area (Å²) in [5.74, 6) is 0.673. The molecule has 110 valence electrons. The Morgan fingerprint density at radius 3 is 2.29 bits per heavy atom. The van der Waals surface area contributed by atoms with E-state index in [2.05, 4.69) is 5.32 Å².